The van der Waals surface area contributed by atoms with Crippen molar-refractivity contribution in [2.24, 2.45) is 0 Å². The first-order chi connectivity index (χ1) is 7.15. The molecule has 15 heavy (non-hydrogen) atoms. The van der Waals surface area contributed by atoms with Gasteiger partial charge in [-0.05, 0) is 6.54 Å². The van der Waals surface area contributed by atoms with Crippen LogP contribution < -0.4 is 10.2 Å². The quantitative estimate of drug-likeness (QED) is 0.753. The predicted molar refractivity (Wildman–Crippen MR) is 65.8 cm³/mol. The Balaban J connectivity index is 2.47. The summed E-state index contributed by atoms with van der Waals surface area (Å²) in [6.07, 6.45) is 0. The topological polar surface area (TPSA) is 41.0 Å². The molecule has 0 radical (unpaired) electrons. The van der Waals surface area contributed by atoms with E-state index in [1.54, 1.807) is 0 Å². The van der Waals surface area contributed by atoms with Gasteiger partial charge in [-0.2, -0.15) is 4.37 Å². The van der Waals surface area contributed by atoms with Crippen LogP contribution in [0.3, 0.4) is 0 Å². The van der Waals surface area contributed by atoms with Gasteiger partial charge in [0, 0.05) is 37.6 Å². The van der Waals surface area contributed by atoms with E-state index in [1.165, 1.54) is 11.5 Å². The highest BCUT2D eigenvalue weighted by Gasteiger charge is 2.10. The molecule has 1 rings (SSSR count). The van der Waals surface area contributed by atoms with Crippen molar-refractivity contribution in [1.82, 2.24) is 14.7 Å². The van der Waals surface area contributed by atoms with E-state index in [-0.39, 0.29) is 0 Å². The Morgan fingerprint density at radius 2 is 2.20 bits per heavy atom. The van der Waals surface area contributed by atoms with Gasteiger partial charge in [0.2, 0.25) is 5.13 Å². The third-order valence-corrected chi connectivity index (χ3v) is 2.99. The molecule has 1 aromatic rings. The lowest BCUT2D eigenvalue weighted by Gasteiger charge is -2.14. The van der Waals surface area contributed by atoms with Crippen LogP contribution in [0.4, 0.5) is 5.13 Å². The van der Waals surface area contributed by atoms with Crippen molar-refractivity contribution in [3.8, 4) is 0 Å². The second-order valence-electron chi connectivity index (χ2n) is 3.86. The summed E-state index contributed by atoms with van der Waals surface area (Å²) in [5.74, 6) is 1.36. The van der Waals surface area contributed by atoms with E-state index in [1.807, 2.05) is 0 Å². The smallest absolute Gasteiger partial charge is 0.204 e. The molecule has 0 aromatic carbocycles. The fourth-order valence-corrected chi connectivity index (χ4v) is 1.93. The summed E-state index contributed by atoms with van der Waals surface area (Å²) in [7, 11) is 2.06. The molecule has 0 aliphatic heterocycles. The zero-order chi connectivity index (χ0) is 11.3. The molecule has 0 fully saturated rings. The van der Waals surface area contributed by atoms with Gasteiger partial charge in [0.25, 0.3) is 0 Å². The van der Waals surface area contributed by atoms with Crippen LogP contribution in [0.5, 0.6) is 0 Å². The van der Waals surface area contributed by atoms with Crippen molar-refractivity contribution >= 4 is 16.7 Å². The summed E-state index contributed by atoms with van der Waals surface area (Å²) >= 11 is 1.48. The molecule has 0 amide bonds. The first kappa shape index (κ1) is 12.4. The van der Waals surface area contributed by atoms with Gasteiger partial charge in [0.05, 0.1) is 0 Å². The van der Waals surface area contributed by atoms with E-state index < -0.39 is 0 Å². The highest BCUT2D eigenvalue weighted by molar-refractivity contribution is 7.09. The maximum atomic E-state index is 4.49. The minimum atomic E-state index is 0.414. The summed E-state index contributed by atoms with van der Waals surface area (Å²) in [5, 5.41) is 4.30. The number of nitrogens with one attached hydrogen (secondary N) is 1. The maximum Gasteiger partial charge on any atom is 0.204 e. The molecule has 0 atom stereocenters. The summed E-state index contributed by atoms with van der Waals surface area (Å²) in [5.41, 5.74) is 0. The van der Waals surface area contributed by atoms with Gasteiger partial charge in [-0.25, -0.2) is 4.98 Å². The first-order valence-corrected chi connectivity index (χ1v) is 6.18. The highest BCUT2D eigenvalue weighted by Crippen LogP contribution is 2.19. The van der Waals surface area contributed by atoms with E-state index >= 15 is 0 Å². The van der Waals surface area contributed by atoms with Gasteiger partial charge in [-0.3, -0.25) is 0 Å². The molecule has 0 aliphatic rings. The van der Waals surface area contributed by atoms with Crippen molar-refractivity contribution < 1.29 is 0 Å². The minimum Gasteiger partial charge on any atom is -0.349 e. The Morgan fingerprint density at radius 3 is 2.73 bits per heavy atom. The molecule has 1 aromatic heterocycles. The summed E-state index contributed by atoms with van der Waals surface area (Å²) < 4.78 is 4.33. The van der Waals surface area contributed by atoms with E-state index in [4.69, 9.17) is 0 Å². The van der Waals surface area contributed by atoms with Gasteiger partial charge in [-0.15, -0.1) is 0 Å². The standard InChI is InChI=1S/C10H20N4S/c1-5-11-6-7-14(4)10-12-9(8(2)3)13-15-10/h8,11H,5-7H2,1-4H3. The number of hydrogen-bond donors (Lipinski definition) is 1. The van der Waals surface area contributed by atoms with Gasteiger partial charge in [0.1, 0.15) is 5.82 Å². The monoisotopic (exact) mass is 228 g/mol. The van der Waals surface area contributed by atoms with Crippen LogP contribution in [0.25, 0.3) is 0 Å². The Morgan fingerprint density at radius 1 is 1.47 bits per heavy atom. The third-order valence-electron chi connectivity index (χ3n) is 2.15. The molecule has 1 heterocycles. The van der Waals surface area contributed by atoms with Gasteiger partial charge >= 0.3 is 0 Å². The predicted octanol–water partition coefficient (Wildman–Crippen LogP) is 1.71. The molecule has 0 unspecified atom stereocenters. The van der Waals surface area contributed by atoms with Gasteiger partial charge in [-0.1, -0.05) is 20.8 Å². The molecular weight excluding hydrogens is 208 g/mol. The number of hydrogen-bond acceptors (Lipinski definition) is 5. The fourth-order valence-electron chi connectivity index (χ4n) is 1.14. The molecule has 86 valence electrons. The summed E-state index contributed by atoms with van der Waals surface area (Å²) in [4.78, 5) is 6.64. The van der Waals surface area contributed by atoms with Crippen molar-refractivity contribution in [2.75, 3.05) is 31.6 Å². The molecule has 0 saturated carbocycles. The average Bonchev–Trinajstić information content (AvgIpc) is 2.66. The van der Waals surface area contributed by atoms with Crippen LogP contribution in [0.2, 0.25) is 0 Å². The van der Waals surface area contributed by atoms with Gasteiger partial charge < -0.3 is 10.2 Å². The number of likely N-dealkylation sites (N-methyl/N-ethyl adjacent to an activating group) is 2. The van der Waals surface area contributed by atoms with Crippen LogP contribution in [0.1, 0.15) is 32.5 Å². The molecule has 1 N–H and O–H groups in total. The lowest BCUT2D eigenvalue weighted by atomic mass is 10.2. The van der Waals surface area contributed by atoms with Crippen LogP contribution in [0, 0.1) is 0 Å². The molecule has 0 saturated heterocycles. The van der Waals surface area contributed by atoms with Gasteiger partial charge in [0.15, 0.2) is 0 Å². The first-order valence-electron chi connectivity index (χ1n) is 5.40. The Bertz CT molecular complexity index is 285. The zero-order valence-corrected chi connectivity index (χ0v) is 10.8. The number of anilines is 1. The molecule has 5 heteroatoms. The maximum absolute atomic E-state index is 4.49. The van der Waals surface area contributed by atoms with E-state index in [2.05, 4.69) is 47.4 Å². The van der Waals surface area contributed by atoms with Crippen LogP contribution >= 0.6 is 11.5 Å². The van der Waals surface area contributed by atoms with Crippen LogP contribution in [-0.2, 0) is 0 Å². The number of nitrogens with zero attached hydrogens (tertiary/aromatic N) is 3. The van der Waals surface area contributed by atoms with Crippen molar-refractivity contribution in [2.45, 2.75) is 26.7 Å². The minimum absolute atomic E-state index is 0.414. The summed E-state index contributed by atoms with van der Waals surface area (Å²) in [6.45, 7) is 9.32. The Kier molecular flexibility index (Phi) is 4.98. The van der Waals surface area contributed by atoms with Crippen LogP contribution in [-0.4, -0.2) is 36.0 Å². The van der Waals surface area contributed by atoms with Crippen molar-refractivity contribution in [3.63, 3.8) is 0 Å². The van der Waals surface area contributed by atoms with E-state index in [0.717, 1.165) is 30.6 Å². The molecule has 0 aliphatic carbocycles. The zero-order valence-electron chi connectivity index (χ0n) is 9.95. The van der Waals surface area contributed by atoms with Crippen molar-refractivity contribution in [3.05, 3.63) is 5.82 Å². The second kappa shape index (κ2) is 6.02. The third kappa shape index (κ3) is 3.76. The van der Waals surface area contributed by atoms with E-state index in [0.29, 0.717) is 5.92 Å². The van der Waals surface area contributed by atoms with Crippen LogP contribution in [0.15, 0.2) is 0 Å². The second-order valence-corrected chi connectivity index (χ2v) is 4.60. The molecular formula is C10H20N4S. The lowest BCUT2D eigenvalue weighted by Crippen LogP contribution is -2.28. The largest absolute Gasteiger partial charge is 0.349 e. The molecule has 0 bridgehead atoms. The summed E-state index contributed by atoms with van der Waals surface area (Å²) in [6, 6.07) is 0. The molecule has 4 nitrogen and oxygen atoms in total. The van der Waals surface area contributed by atoms with E-state index in [9.17, 15) is 0 Å². The Labute approximate surface area is 95.9 Å². The lowest BCUT2D eigenvalue weighted by molar-refractivity contribution is 0.703. The number of rotatable bonds is 6. The average molecular weight is 228 g/mol. The Hall–Kier alpha value is -0.680. The van der Waals surface area contributed by atoms with Crippen molar-refractivity contribution in [1.29, 1.82) is 0 Å². The highest BCUT2D eigenvalue weighted by atomic mass is 32.1. The normalized spacial score (nSPS) is 11.0. The fraction of sp³-hybridized carbons (Fsp3) is 0.800. The number of aromatic nitrogens is 2. The molecule has 0 spiro atoms. The SMILES string of the molecule is CCNCCN(C)c1nc(C(C)C)ns1.